The fraction of sp³-hybridized carbons (Fsp3) is 0.304. The quantitative estimate of drug-likeness (QED) is 0.577. The second-order valence-corrected chi connectivity index (χ2v) is 7.54. The van der Waals surface area contributed by atoms with Gasteiger partial charge in [0.15, 0.2) is 17.3 Å². The molecule has 4 rings (SSSR count). The molecular formula is C23H25N5O4. The van der Waals surface area contributed by atoms with Crippen LogP contribution in [-0.4, -0.2) is 60.7 Å². The summed E-state index contributed by atoms with van der Waals surface area (Å²) in [6.45, 7) is 1.28. The molecule has 0 radical (unpaired) electrons. The maximum absolute atomic E-state index is 12.4. The highest BCUT2D eigenvalue weighted by Gasteiger charge is 2.19. The number of benzene rings is 2. The van der Waals surface area contributed by atoms with Crippen LogP contribution in [0.4, 0.5) is 10.6 Å². The van der Waals surface area contributed by atoms with Gasteiger partial charge in [-0.2, -0.15) is 0 Å². The lowest BCUT2D eigenvalue weighted by atomic mass is 10.0. The minimum atomic E-state index is -0.334. The van der Waals surface area contributed by atoms with Crippen LogP contribution in [0, 0.1) is 0 Å². The lowest BCUT2D eigenvalue weighted by Crippen LogP contribution is -2.45. The van der Waals surface area contributed by atoms with Gasteiger partial charge in [-0.15, -0.1) is 0 Å². The molecule has 1 aromatic heterocycles. The van der Waals surface area contributed by atoms with E-state index < -0.39 is 0 Å². The van der Waals surface area contributed by atoms with Crippen molar-refractivity contribution in [3.8, 4) is 22.6 Å². The van der Waals surface area contributed by atoms with Gasteiger partial charge >= 0.3 is 6.03 Å². The summed E-state index contributed by atoms with van der Waals surface area (Å²) in [6.07, 6.45) is 3.83. The van der Waals surface area contributed by atoms with E-state index in [4.69, 9.17) is 9.47 Å². The summed E-state index contributed by atoms with van der Waals surface area (Å²) in [4.78, 5) is 33.9. The van der Waals surface area contributed by atoms with Gasteiger partial charge in [-0.1, -0.05) is 12.1 Å². The number of hydrogen-bond donors (Lipinski definition) is 2. The highest BCUT2D eigenvalue weighted by molar-refractivity contribution is 5.90. The van der Waals surface area contributed by atoms with Crippen LogP contribution in [0.5, 0.6) is 11.5 Å². The maximum atomic E-state index is 12.4. The zero-order valence-corrected chi connectivity index (χ0v) is 18.0. The number of hydrogen-bond acceptors (Lipinski definition) is 6. The fourth-order valence-corrected chi connectivity index (χ4v) is 3.75. The van der Waals surface area contributed by atoms with Crippen molar-refractivity contribution >= 4 is 29.3 Å². The van der Waals surface area contributed by atoms with Gasteiger partial charge in [0.05, 0.1) is 31.4 Å². The van der Waals surface area contributed by atoms with Gasteiger partial charge in [-0.25, -0.2) is 9.78 Å². The van der Waals surface area contributed by atoms with Gasteiger partial charge in [0.1, 0.15) is 0 Å². The van der Waals surface area contributed by atoms with Gasteiger partial charge in [0.2, 0.25) is 6.41 Å². The number of carbonyl (C=O) groups excluding carboxylic acids is 2. The number of methoxy groups -OCH3 is 2. The second-order valence-electron chi connectivity index (χ2n) is 7.54. The molecule has 2 aromatic carbocycles. The molecule has 3 aromatic rings. The zero-order valence-electron chi connectivity index (χ0n) is 18.0. The SMILES string of the molecule is COc1ccc(-c2ccc3ncc(NC(=O)NC4CCN(C=O)CC4)nc3c2)cc1OC. The molecule has 1 aliphatic heterocycles. The van der Waals surface area contributed by atoms with E-state index in [9.17, 15) is 9.59 Å². The lowest BCUT2D eigenvalue weighted by molar-refractivity contribution is -0.119. The van der Waals surface area contributed by atoms with Gasteiger partial charge in [-0.3, -0.25) is 15.1 Å². The Morgan fingerprint density at radius 1 is 1.03 bits per heavy atom. The fourth-order valence-electron chi connectivity index (χ4n) is 3.75. The summed E-state index contributed by atoms with van der Waals surface area (Å²) < 4.78 is 10.7. The Labute approximate surface area is 185 Å². The molecule has 0 saturated carbocycles. The van der Waals surface area contributed by atoms with E-state index in [1.165, 1.54) is 6.20 Å². The van der Waals surface area contributed by atoms with Crippen molar-refractivity contribution in [2.45, 2.75) is 18.9 Å². The van der Waals surface area contributed by atoms with E-state index in [1.807, 2.05) is 36.4 Å². The van der Waals surface area contributed by atoms with Crippen LogP contribution >= 0.6 is 0 Å². The number of anilines is 1. The van der Waals surface area contributed by atoms with Crippen molar-refractivity contribution < 1.29 is 19.1 Å². The van der Waals surface area contributed by atoms with Crippen molar-refractivity contribution in [3.63, 3.8) is 0 Å². The number of ether oxygens (including phenoxy) is 2. The molecule has 0 bridgehead atoms. The number of carbonyl (C=O) groups is 2. The molecule has 0 atom stereocenters. The van der Waals surface area contributed by atoms with Crippen molar-refractivity contribution in [2.75, 3.05) is 32.6 Å². The number of piperidine rings is 1. The van der Waals surface area contributed by atoms with Crippen molar-refractivity contribution in [2.24, 2.45) is 0 Å². The van der Waals surface area contributed by atoms with E-state index in [-0.39, 0.29) is 12.1 Å². The third-order valence-electron chi connectivity index (χ3n) is 5.51. The summed E-state index contributed by atoms with van der Waals surface area (Å²) in [5.41, 5.74) is 3.27. The molecule has 0 unspecified atom stereocenters. The molecule has 166 valence electrons. The van der Waals surface area contributed by atoms with E-state index in [0.717, 1.165) is 35.9 Å². The number of rotatable bonds is 6. The summed E-state index contributed by atoms with van der Waals surface area (Å²) in [5.74, 6) is 1.66. The first-order chi connectivity index (χ1) is 15.6. The second kappa shape index (κ2) is 9.51. The van der Waals surface area contributed by atoms with Gasteiger partial charge < -0.3 is 19.7 Å². The Hall–Kier alpha value is -3.88. The third kappa shape index (κ3) is 4.72. The summed E-state index contributed by atoms with van der Waals surface area (Å²) in [5, 5.41) is 5.69. The highest BCUT2D eigenvalue weighted by atomic mass is 16.5. The largest absolute Gasteiger partial charge is 0.493 e. The van der Waals surface area contributed by atoms with Crippen molar-refractivity contribution in [3.05, 3.63) is 42.6 Å². The lowest BCUT2D eigenvalue weighted by Gasteiger charge is -2.29. The molecule has 0 spiro atoms. The predicted molar refractivity (Wildman–Crippen MR) is 121 cm³/mol. The average molecular weight is 435 g/mol. The van der Waals surface area contributed by atoms with E-state index in [2.05, 4.69) is 20.6 Å². The first kappa shape index (κ1) is 21.4. The molecule has 9 nitrogen and oxygen atoms in total. The van der Waals surface area contributed by atoms with Crippen molar-refractivity contribution in [1.29, 1.82) is 0 Å². The van der Waals surface area contributed by atoms with Gasteiger partial charge in [0, 0.05) is 19.1 Å². The zero-order chi connectivity index (χ0) is 22.5. The van der Waals surface area contributed by atoms with Crippen LogP contribution in [0.15, 0.2) is 42.6 Å². The van der Waals surface area contributed by atoms with Crippen LogP contribution in [-0.2, 0) is 4.79 Å². The Morgan fingerprint density at radius 2 is 1.75 bits per heavy atom. The van der Waals surface area contributed by atoms with E-state index >= 15 is 0 Å². The van der Waals surface area contributed by atoms with Crippen LogP contribution in [0.1, 0.15) is 12.8 Å². The molecule has 2 N–H and O–H groups in total. The van der Waals surface area contributed by atoms with Crippen LogP contribution < -0.4 is 20.1 Å². The van der Waals surface area contributed by atoms with Crippen LogP contribution in [0.25, 0.3) is 22.2 Å². The summed E-state index contributed by atoms with van der Waals surface area (Å²) >= 11 is 0. The molecule has 2 heterocycles. The predicted octanol–water partition coefficient (Wildman–Crippen LogP) is 3.06. The highest BCUT2D eigenvalue weighted by Crippen LogP contribution is 2.33. The smallest absolute Gasteiger partial charge is 0.320 e. The maximum Gasteiger partial charge on any atom is 0.320 e. The minimum absolute atomic E-state index is 0.0243. The van der Waals surface area contributed by atoms with Gasteiger partial charge in [0.25, 0.3) is 0 Å². The molecule has 1 fully saturated rings. The molecule has 3 amide bonds. The number of amides is 3. The Kier molecular flexibility index (Phi) is 6.34. The van der Waals surface area contributed by atoms with Crippen molar-refractivity contribution in [1.82, 2.24) is 20.2 Å². The molecule has 9 heteroatoms. The first-order valence-corrected chi connectivity index (χ1v) is 10.4. The number of likely N-dealkylation sites (tertiary alicyclic amines) is 1. The molecular weight excluding hydrogens is 410 g/mol. The average Bonchev–Trinajstić information content (AvgIpc) is 2.83. The number of urea groups is 1. The van der Waals surface area contributed by atoms with E-state index in [1.54, 1.807) is 19.1 Å². The normalized spacial score (nSPS) is 14.1. The number of nitrogens with one attached hydrogen (secondary N) is 2. The topological polar surface area (TPSA) is 106 Å². The standard InChI is InChI=1S/C23H25N5O4/c1-31-20-6-4-16(12-21(20)32-2)15-3-5-18-19(11-15)26-22(13-24-18)27-23(30)25-17-7-9-28(14-29)10-8-17/h3-6,11-14,17H,7-10H2,1-2H3,(H2,25,26,27,30). The monoisotopic (exact) mass is 435 g/mol. The third-order valence-corrected chi connectivity index (χ3v) is 5.51. The number of nitrogens with zero attached hydrogens (tertiary/aromatic N) is 3. The Morgan fingerprint density at radius 3 is 2.47 bits per heavy atom. The molecule has 1 aliphatic rings. The Balaban J connectivity index is 1.49. The van der Waals surface area contributed by atoms with Crippen LogP contribution in [0.3, 0.4) is 0 Å². The number of fused-ring (bicyclic) bond motifs is 1. The number of aromatic nitrogens is 2. The Bertz CT molecular complexity index is 1130. The molecule has 32 heavy (non-hydrogen) atoms. The van der Waals surface area contributed by atoms with E-state index in [0.29, 0.717) is 35.9 Å². The summed E-state index contributed by atoms with van der Waals surface area (Å²) in [6, 6.07) is 11.2. The molecule has 0 aliphatic carbocycles. The van der Waals surface area contributed by atoms with Gasteiger partial charge in [-0.05, 0) is 48.2 Å². The first-order valence-electron chi connectivity index (χ1n) is 10.4. The minimum Gasteiger partial charge on any atom is -0.493 e. The van der Waals surface area contributed by atoms with Crippen LogP contribution in [0.2, 0.25) is 0 Å². The molecule has 1 saturated heterocycles. The summed E-state index contributed by atoms with van der Waals surface area (Å²) in [7, 11) is 3.20.